The van der Waals surface area contributed by atoms with Gasteiger partial charge in [-0.25, -0.2) is 0 Å². The van der Waals surface area contributed by atoms with Crippen LogP contribution in [0.15, 0.2) is 0 Å². The van der Waals surface area contributed by atoms with Crippen LogP contribution in [0.25, 0.3) is 0 Å². The number of amides is 1. The number of rotatable bonds is 4. The van der Waals surface area contributed by atoms with Gasteiger partial charge in [0.15, 0.2) is 0 Å². The van der Waals surface area contributed by atoms with Crippen LogP contribution in [0.3, 0.4) is 0 Å². The van der Waals surface area contributed by atoms with Gasteiger partial charge in [-0.1, -0.05) is 26.2 Å². The molecule has 0 aromatic rings. The second-order valence-corrected chi connectivity index (χ2v) is 6.26. The lowest BCUT2D eigenvalue weighted by molar-refractivity contribution is -0.125. The summed E-state index contributed by atoms with van der Waals surface area (Å²) in [6, 6.07) is 0. The molecule has 1 saturated carbocycles. The van der Waals surface area contributed by atoms with E-state index >= 15 is 0 Å². The van der Waals surface area contributed by atoms with Crippen LogP contribution in [-0.2, 0) is 4.79 Å². The molecule has 2 aliphatic rings. The van der Waals surface area contributed by atoms with Gasteiger partial charge >= 0.3 is 0 Å². The molecule has 3 heteroatoms. The Morgan fingerprint density at radius 2 is 2.17 bits per heavy atom. The van der Waals surface area contributed by atoms with Crippen LogP contribution in [0.4, 0.5) is 0 Å². The molecule has 1 amide bonds. The first-order valence-corrected chi connectivity index (χ1v) is 7.74. The summed E-state index contributed by atoms with van der Waals surface area (Å²) in [5, 5.41) is 6.44. The average molecular weight is 252 g/mol. The van der Waals surface area contributed by atoms with Crippen molar-refractivity contribution in [3.63, 3.8) is 0 Å². The van der Waals surface area contributed by atoms with Crippen LogP contribution < -0.4 is 10.6 Å². The van der Waals surface area contributed by atoms with Gasteiger partial charge in [-0.3, -0.25) is 4.79 Å². The molecule has 104 valence electrons. The lowest BCUT2D eigenvalue weighted by atomic mass is 9.81. The summed E-state index contributed by atoms with van der Waals surface area (Å²) in [4.78, 5) is 12.0. The van der Waals surface area contributed by atoms with Crippen molar-refractivity contribution in [3.05, 3.63) is 0 Å². The molecule has 1 aliphatic heterocycles. The van der Waals surface area contributed by atoms with E-state index in [0.29, 0.717) is 0 Å². The van der Waals surface area contributed by atoms with Crippen molar-refractivity contribution in [2.75, 3.05) is 19.6 Å². The smallest absolute Gasteiger partial charge is 0.224 e. The Balaban J connectivity index is 1.60. The molecule has 18 heavy (non-hydrogen) atoms. The van der Waals surface area contributed by atoms with E-state index in [1.54, 1.807) is 0 Å². The molecule has 0 spiro atoms. The van der Waals surface area contributed by atoms with Gasteiger partial charge in [0, 0.05) is 13.1 Å². The highest BCUT2D eigenvalue weighted by Crippen LogP contribution is 2.30. The molecule has 3 atom stereocenters. The highest BCUT2D eigenvalue weighted by molar-refractivity contribution is 5.78. The number of carbonyl (C=O) groups excluding carboxylic acids is 1. The van der Waals surface area contributed by atoms with Gasteiger partial charge in [-0.2, -0.15) is 0 Å². The molecule has 1 aliphatic carbocycles. The predicted molar refractivity (Wildman–Crippen MR) is 74.3 cm³/mol. The summed E-state index contributed by atoms with van der Waals surface area (Å²) < 4.78 is 0. The Morgan fingerprint density at radius 3 is 2.89 bits per heavy atom. The predicted octanol–water partition coefficient (Wildman–Crippen LogP) is 2.32. The van der Waals surface area contributed by atoms with Gasteiger partial charge in [-0.05, 0) is 44.1 Å². The topological polar surface area (TPSA) is 41.1 Å². The minimum absolute atomic E-state index is 0.212. The van der Waals surface area contributed by atoms with Crippen LogP contribution in [0.1, 0.15) is 51.9 Å². The molecule has 3 nitrogen and oxygen atoms in total. The van der Waals surface area contributed by atoms with E-state index in [1.807, 2.05) is 0 Å². The fourth-order valence-electron chi connectivity index (χ4n) is 3.44. The van der Waals surface area contributed by atoms with Gasteiger partial charge in [0.25, 0.3) is 0 Å². The standard InChI is InChI=1S/C15H28N2O/c1-12-4-2-5-13(10-12)7-9-17-15(18)14-6-3-8-16-11-14/h12-14,16H,2-11H2,1H3,(H,17,18)/t12?,13?,14-/m0/s1. The first-order chi connectivity index (χ1) is 8.75. The van der Waals surface area contributed by atoms with E-state index in [1.165, 1.54) is 32.1 Å². The van der Waals surface area contributed by atoms with Crippen LogP contribution in [0, 0.1) is 17.8 Å². The van der Waals surface area contributed by atoms with Gasteiger partial charge < -0.3 is 10.6 Å². The quantitative estimate of drug-likeness (QED) is 0.806. The summed E-state index contributed by atoms with van der Waals surface area (Å²) in [5.41, 5.74) is 0. The third-order valence-corrected chi connectivity index (χ3v) is 4.56. The fourth-order valence-corrected chi connectivity index (χ4v) is 3.44. The number of carbonyl (C=O) groups is 1. The highest BCUT2D eigenvalue weighted by Gasteiger charge is 2.22. The summed E-state index contributed by atoms with van der Waals surface area (Å²) in [5.74, 6) is 2.22. The maximum Gasteiger partial charge on any atom is 0.224 e. The average Bonchev–Trinajstić information content (AvgIpc) is 2.40. The maximum absolute atomic E-state index is 12.0. The number of nitrogens with one attached hydrogen (secondary N) is 2. The summed E-state index contributed by atoms with van der Waals surface area (Å²) in [6.07, 6.45) is 8.88. The lowest BCUT2D eigenvalue weighted by Crippen LogP contribution is -2.41. The minimum Gasteiger partial charge on any atom is -0.356 e. The van der Waals surface area contributed by atoms with Gasteiger partial charge in [-0.15, -0.1) is 0 Å². The first kappa shape index (κ1) is 13.9. The van der Waals surface area contributed by atoms with Crippen molar-refractivity contribution in [3.8, 4) is 0 Å². The van der Waals surface area contributed by atoms with Crippen LogP contribution in [-0.4, -0.2) is 25.5 Å². The molecule has 2 unspecified atom stereocenters. The zero-order valence-corrected chi connectivity index (χ0v) is 11.7. The largest absolute Gasteiger partial charge is 0.356 e. The molecule has 0 bridgehead atoms. The molecule has 1 saturated heterocycles. The van der Waals surface area contributed by atoms with Gasteiger partial charge in [0.2, 0.25) is 5.91 Å². The maximum atomic E-state index is 12.0. The summed E-state index contributed by atoms with van der Waals surface area (Å²) in [6.45, 7) is 5.18. The third-order valence-electron chi connectivity index (χ3n) is 4.56. The van der Waals surface area contributed by atoms with Crippen LogP contribution >= 0.6 is 0 Å². The molecule has 0 aromatic heterocycles. The first-order valence-electron chi connectivity index (χ1n) is 7.74. The van der Waals surface area contributed by atoms with Crippen LogP contribution in [0.5, 0.6) is 0 Å². The fraction of sp³-hybridized carbons (Fsp3) is 0.933. The van der Waals surface area contributed by atoms with Gasteiger partial charge in [0.1, 0.15) is 0 Å². The second-order valence-electron chi connectivity index (χ2n) is 6.26. The van der Waals surface area contributed by atoms with Crippen molar-refractivity contribution >= 4 is 5.91 Å². The Morgan fingerprint density at radius 1 is 1.28 bits per heavy atom. The third kappa shape index (κ3) is 4.27. The zero-order chi connectivity index (χ0) is 12.8. The number of hydrogen-bond donors (Lipinski definition) is 2. The van der Waals surface area contributed by atoms with E-state index in [0.717, 1.165) is 44.3 Å². The van der Waals surface area contributed by atoms with Gasteiger partial charge in [0.05, 0.1) is 5.92 Å². The molecule has 0 radical (unpaired) electrons. The van der Waals surface area contributed by atoms with Crippen LogP contribution in [0.2, 0.25) is 0 Å². The van der Waals surface area contributed by atoms with Crippen molar-refractivity contribution in [1.29, 1.82) is 0 Å². The number of piperidine rings is 1. The number of hydrogen-bond acceptors (Lipinski definition) is 2. The Hall–Kier alpha value is -0.570. The Kier molecular flexibility index (Phi) is 5.48. The second kappa shape index (κ2) is 7.13. The molecule has 1 heterocycles. The van der Waals surface area contributed by atoms with E-state index in [9.17, 15) is 4.79 Å². The van der Waals surface area contributed by atoms with Crippen molar-refractivity contribution in [2.45, 2.75) is 51.9 Å². The Labute approximate surface area is 111 Å². The van der Waals surface area contributed by atoms with E-state index in [2.05, 4.69) is 17.6 Å². The SMILES string of the molecule is CC1CCCC(CCNC(=O)[C@H]2CCCNC2)C1. The van der Waals surface area contributed by atoms with E-state index in [-0.39, 0.29) is 11.8 Å². The van der Waals surface area contributed by atoms with E-state index < -0.39 is 0 Å². The molecular weight excluding hydrogens is 224 g/mol. The van der Waals surface area contributed by atoms with E-state index in [4.69, 9.17) is 0 Å². The molecule has 2 N–H and O–H groups in total. The highest BCUT2D eigenvalue weighted by atomic mass is 16.1. The molecule has 0 aromatic carbocycles. The zero-order valence-electron chi connectivity index (χ0n) is 11.7. The summed E-state index contributed by atoms with van der Waals surface area (Å²) in [7, 11) is 0. The Bertz CT molecular complexity index is 261. The lowest BCUT2D eigenvalue weighted by Gasteiger charge is -2.27. The molecule has 2 fully saturated rings. The molecular formula is C15H28N2O. The van der Waals surface area contributed by atoms with Crippen molar-refractivity contribution in [2.24, 2.45) is 17.8 Å². The van der Waals surface area contributed by atoms with Crippen molar-refractivity contribution in [1.82, 2.24) is 10.6 Å². The summed E-state index contributed by atoms with van der Waals surface area (Å²) >= 11 is 0. The molecule has 2 rings (SSSR count). The normalized spacial score (nSPS) is 33.1. The minimum atomic E-state index is 0.212. The van der Waals surface area contributed by atoms with Crippen molar-refractivity contribution < 1.29 is 4.79 Å². The monoisotopic (exact) mass is 252 g/mol.